The molecular formula is C16H17N3O5S. The number of aliphatic imine (C=N–C) groups is 1. The van der Waals surface area contributed by atoms with Gasteiger partial charge in [0.15, 0.2) is 5.70 Å². The van der Waals surface area contributed by atoms with Crippen LogP contribution in [0.25, 0.3) is 0 Å². The molecule has 1 amide bonds. The molecule has 0 spiro atoms. The summed E-state index contributed by atoms with van der Waals surface area (Å²) in [7, 11) is 0. The van der Waals surface area contributed by atoms with E-state index in [0.29, 0.717) is 11.3 Å². The third kappa shape index (κ3) is 4.46. The van der Waals surface area contributed by atoms with Crippen molar-refractivity contribution < 1.29 is 24.6 Å². The third-order valence-corrected chi connectivity index (χ3v) is 4.73. The highest BCUT2D eigenvalue weighted by Crippen LogP contribution is 2.29. The zero-order chi connectivity index (χ0) is 18.6. The van der Waals surface area contributed by atoms with E-state index in [1.807, 2.05) is 0 Å². The second kappa shape index (κ2) is 7.95. The van der Waals surface area contributed by atoms with E-state index in [4.69, 9.17) is 10.8 Å². The number of carbonyl (C=O) groups is 3. The Morgan fingerprint density at radius 1 is 1.28 bits per heavy atom. The highest BCUT2D eigenvalue weighted by molar-refractivity contribution is 8.03. The number of nitrogens with zero attached hydrogens (tertiary/aromatic N) is 1. The molecule has 0 saturated heterocycles. The SMILES string of the molecule is C[C@@H]1CS/C(=C(\NC(=O)[C@H](N)c2ccccc2)C(=O)O)N=C1C(=O)O. The van der Waals surface area contributed by atoms with E-state index in [1.165, 1.54) is 0 Å². The Balaban J connectivity index is 2.31. The number of hydrogen-bond acceptors (Lipinski definition) is 6. The van der Waals surface area contributed by atoms with E-state index in [9.17, 15) is 19.5 Å². The van der Waals surface area contributed by atoms with Gasteiger partial charge in [0.1, 0.15) is 16.8 Å². The molecule has 1 aliphatic rings. The molecule has 132 valence electrons. The molecule has 0 aromatic heterocycles. The van der Waals surface area contributed by atoms with Gasteiger partial charge >= 0.3 is 11.9 Å². The summed E-state index contributed by atoms with van der Waals surface area (Å²) in [5.41, 5.74) is 5.75. The zero-order valence-corrected chi connectivity index (χ0v) is 14.1. The number of amides is 1. The van der Waals surface area contributed by atoms with Crippen LogP contribution in [-0.4, -0.2) is 39.5 Å². The summed E-state index contributed by atoms with van der Waals surface area (Å²) >= 11 is 1.07. The third-order valence-electron chi connectivity index (χ3n) is 3.50. The summed E-state index contributed by atoms with van der Waals surface area (Å²) < 4.78 is 0. The molecule has 8 nitrogen and oxygen atoms in total. The molecule has 0 aliphatic carbocycles. The van der Waals surface area contributed by atoms with Crippen molar-refractivity contribution >= 4 is 35.3 Å². The quantitative estimate of drug-likeness (QED) is 0.571. The molecule has 0 radical (unpaired) electrons. The minimum atomic E-state index is -1.42. The van der Waals surface area contributed by atoms with Gasteiger partial charge in [0.05, 0.1) is 0 Å². The van der Waals surface area contributed by atoms with Gasteiger partial charge in [-0.25, -0.2) is 14.6 Å². The van der Waals surface area contributed by atoms with Gasteiger partial charge in [-0.1, -0.05) is 37.3 Å². The maximum Gasteiger partial charge on any atom is 0.355 e. The fourth-order valence-electron chi connectivity index (χ4n) is 2.13. The Kier molecular flexibility index (Phi) is 5.94. The number of rotatable bonds is 5. The van der Waals surface area contributed by atoms with Gasteiger partial charge in [0.2, 0.25) is 5.91 Å². The molecule has 2 rings (SSSR count). The minimum absolute atomic E-state index is 0.0587. The first-order chi connectivity index (χ1) is 11.8. The molecule has 5 N–H and O–H groups in total. The van der Waals surface area contributed by atoms with Crippen LogP contribution in [0, 0.1) is 5.92 Å². The van der Waals surface area contributed by atoms with Crippen molar-refractivity contribution in [1.29, 1.82) is 0 Å². The van der Waals surface area contributed by atoms with E-state index in [0.717, 1.165) is 11.8 Å². The first-order valence-corrected chi connectivity index (χ1v) is 8.33. The highest BCUT2D eigenvalue weighted by atomic mass is 32.2. The lowest BCUT2D eigenvalue weighted by Gasteiger charge is -2.20. The number of carboxylic acid groups (broad SMARTS) is 2. The minimum Gasteiger partial charge on any atom is -0.477 e. The normalized spacial score (nSPS) is 20.2. The van der Waals surface area contributed by atoms with Gasteiger partial charge in [-0.15, -0.1) is 11.8 Å². The number of hydrogen-bond donors (Lipinski definition) is 4. The first kappa shape index (κ1) is 18.7. The summed E-state index contributed by atoms with van der Waals surface area (Å²) in [5, 5.41) is 20.7. The highest BCUT2D eigenvalue weighted by Gasteiger charge is 2.29. The fraction of sp³-hybridized carbons (Fsp3) is 0.250. The second-order valence-electron chi connectivity index (χ2n) is 5.38. The lowest BCUT2D eigenvalue weighted by molar-refractivity contribution is -0.135. The van der Waals surface area contributed by atoms with Gasteiger partial charge in [-0.3, -0.25) is 4.79 Å². The smallest absolute Gasteiger partial charge is 0.355 e. The van der Waals surface area contributed by atoms with Crippen LogP contribution in [0.3, 0.4) is 0 Å². The molecule has 9 heteroatoms. The molecule has 0 unspecified atom stereocenters. The second-order valence-corrected chi connectivity index (χ2v) is 6.39. The molecule has 25 heavy (non-hydrogen) atoms. The summed E-state index contributed by atoms with van der Waals surface area (Å²) in [6, 6.07) is 7.42. The molecule has 1 aliphatic heterocycles. The molecule has 0 saturated carbocycles. The van der Waals surface area contributed by atoms with Crippen molar-refractivity contribution in [2.45, 2.75) is 13.0 Å². The van der Waals surface area contributed by atoms with Crippen molar-refractivity contribution in [2.75, 3.05) is 5.75 Å². The molecule has 1 aromatic rings. The zero-order valence-electron chi connectivity index (χ0n) is 13.3. The van der Waals surface area contributed by atoms with E-state index in [2.05, 4.69) is 10.3 Å². The van der Waals surface area contributed by atoms with Gasteiger partial charge in [-0.05, 0) is 5.56 Å². The number of carboxylic acids is 2. The largest absolute Gasteiger partial charge is 0.477 e. The summed E-state index contributed by atoms with van der Waals surface area (Å²) in [5.74, 6) is -3.34. The number of benzene rings is 1. The maximum atomic E-state index is 12.3. The fourth-order valence-corrected chi connectivity index (χ4v) is 3.14. The Morgan fingerprint density at radius 2 is 1.92 bits per heavy atom. The first-order valence-electron chi connectivity index (χ1n) is 7.35. The standard InChI is InChI=1S/C16H17N3O5S/c1-8-7-25-14(19-11(8)15(21)22)12(16(23)24)18-13(20)10(17)9-5-3-2-4-6-9/h2-6,8,10H,7,17H2,1H3,(H,18,20)(H,21,22)(H,23,24)/b14-12-/t8-,10-/m1/s1. The van der Waals surface area contributed by atoms with E-state index < -0.39 is 29.6 Å². The van der Waals surface area contributed by atoms with Crippen molar-refractivity contribution in [1.82, 2.24) is 5.32 Å². The van der Waals surface area contributed by atoms with Crippen LogP contribution in [0.5, 0.6) is 0 Å². The van der Waals surface area contributed by atoms with Crippen molar-refractivity contribution in [3.05, 3.63) is 46.6 Å². The summed E-state index contributed by atoms with van der Waals surface area (Å²) in [6.45, 7) is 1.68. The Morgan fingerprint density at radius 3 is 2.48 bits per heavy atom. The lowest BCUT2D eigenvalue weighted by Crippen LogP contribution is -2.37. The van der Waals surface area contributed by atoms with E-state index >= 15 is 0 Å². The lowest BCUT2D eigenvalue weighted by atomic mass is 10.1. The van der Waals surface area contributed by atoms with Crippen LogP contribution in [0.4, 0.5) is 0 Å². The van der Waals surface area contributed by atoms with Crippen LogP contribution in [0.15, 0.2) is 46.1 Å². The number of aliphatic carboxylic acids is 2. The average Bonchev–Trinajstić information content (AvgIpc) is 2.59. The van der Waals surface area contributed by atoms with Crippen molar-refractivity contribution in [2.24, 2.45) is 16.6 Å². The van der Waals surface area contributed by atoms with Crippen LogP contribution in [0.1, 0.15) is 18.5 Å². The van der Waals surface area contributed by atoms with Crippen molar-refractivity contribution in [3.8, 4) is 0 Å². The predicted molar refractivity (Wildman–Crippen MR) is 92.9 cm³/mol. The topological polar surface area (TPSA) is 142 Å². The molecule has 0 fully saturated rings. The Labute approximate surface area is 147 Å². The van der Waals surface area contributed by atoms with Crippen LogP contribution in [-0.2, 0) is 14.4 Å². The Bertz CT molecular complexity index is 760. The molecule has 1 heterocycles. The molecule has 2 atom stereocenters. The van der Waals surface area contributed by atoms with Crippen LogP contribution < -0.4 is 11.1 Å². The predicted octanol–water partition coefficient (Wildman–Crippen LogP) is 0.965. The van der Waals surface area contributed by atoms with Crippen LogP contribution >= 0.6 is 11.8 Å². The maximum absolute atomic E-state index is 12.3. The number of nitrogens with two attached hydrogens (primary N) is 1. The summed E-state index contributed by atoms with van der Waals surface area (Å²) in [6.07, 6.45) is 0. The molecule has 0 bridgehead atoms. The van der Waals surface area contributed by atoms with Crippen LogP contribution in [0.2, 0.25) is 0 Å². The number of thioether (sulfide) groups is 1. The monoisotopic (exact) mass is 363 g/mol. The number of carbonyl (C=O) groups excluding carboxylic acids is 1. The van der Waals surface area contributed by atoms with Gasteiger partial charge in [0.25, 0.3) is 0 Å². The molecular weight excluding hydrogens is 346 g/mol. The van der Waals surface area contributed by atoms with Crippen molar-refractivity contribution in [3.63, 3.8) is 0 Å². The summed E-state index contributed by atoms with van der Waals surface area (Å²) in [4.78, 5) is 38.9. The number of nitrogens with one attached hydrogen (secondary N) is 1. The van der Waals surface area contributed by atoms with Gasteiger partial charge in [-0.2, -0.15) is 0 Å². The average molecular weight is 363 g/mol. The Hall–Kier alpha value is -2.65. The molecule has 1 aromatic carbocycles. The van der Waals surface area contributed by atoms with E-state index in [1.54, 1.807) is 37.3 Å². The van der Waals surface area contributed by atoms with Gasteiger partial charge in [0, 0.05) is 11.7 Å². The van der Waals surface area contributed by atoms with E-state index in [-0.39, 0.29) is 16.7 Å². The van der Waals surface area contributed by atoms with Gasteiger partial charge < -0.3 is 21.3 Å².